The molecule has 0 bridgehead atoms. The van der Waals surface area contributed by atoms with Crippen molar-refractivity contribution < 1.29 is 14.6 Å². The molecule has 26 heavy (non-hydrogen) atoms. The zero-order valence-electron chi connectivity index (χ0n) is 14.7. The molecule has 1 fully saturated rings. The lowest BCUT2D eigenvalue weighted by atomic mass is 9.86. The summed E-state index contributed by atoms with van der Waals surface area (Å²) in [5.41, 5.74) is -0.850. The summed E-state index contributed by atoms with van der Waals surface area (Å²) in [5.74, 6) is 1.98. The minimum Gasteiger partial charge on any atom is -0.458 e. The quantitative estimate of drug-likeness (QED) is 0.666. The van der Waals surface area contributed by atoms with Gasteiger partial charge in [0.1, 0.15) is 6.10 Å². The van der Waals surface area contributed by atoms with Crippen molar-refractivity contribution in [3.8, 4) is 12.3 Å². The molecular formula is C22H23NO3. The summed E-state index contributed by atoms with van der Waals surface area (Å²) in [6.07, 6.45) is 6.80. The van der Waals surface area contributed by atoms with Crippen molar-refractivity contribution in [1.82, 2.24) is 4.90 Å². The van der Waals surface area contributed by atoms with Crippen molar-refractivity contribution in [1.29, 1.82) is 0 Å². The average Bonchev–Trinajstić information content (AvgIpc) is 2.69. The number of terminal acetylenes is 1. The predicted molar refractivity (Wildman–Crippen MR) is 100 cm³/mol. The van der Waals surface area contributed by atoms with E-state index in [4.69, 9.17) is 11.2 Å². The first-order valence-electron chi connectivity index (χ1n) is 8.85. The van der Waals surface area contributed by atoms with Gasteiger partial charge in [-0.3, -0.25) is 4.90 Å². The van der Waals surface area contributed by atoms with Crippen LogP contribution < -0.4 is 0 Å². The number of hydrogen-bond acceptors (Lipinski definition) is 4. The number of esters is 1. The smallest absolute Gasteiger partial charge is 0.348 e. The third kappa shape index (κ3) is 3.80. The first-order valence-corrected chi connectivity index (χ1v) is 8.85. The Hall–Kier alpha value is -2.61. The molecule has 1 aliphatic rings. The lowest BCUT2D eigenvalue weighted by Crippen LogP contribution is -2.45. The van der Waals surface area contributed by atoms with Gasteiger partial charge in [-0.25, -0.2) is 4.79 Å². The van der Waals surface area contributed by atoms with E-state index in [2.05, 4.69) is 10.8 Å². The second-order valence-corrected chi connectivity index (χ2v) is 6.55. The van der Waals surface area contributed by atoms with Crippen LogP contribution >= 0.6 is 0 Å². The van der Waals surface area contributed by atoms with Crippen molar-refractivity contribution in [3.63, 3.8) is 0 Å². The van der Waals surface area contributed by atoms with E-state index in [1.807, 2.05) is 12.1 Å². The Bertz CT molecular complexity index is 727. The highest BCUT2D eigenvalue weighted by Gasteiger charge is 2.43. The molecule has 1 heterocycles. The van der Waals surface area contributed by atoms with Gasteiger partial charge >= 0.3 is 5.97 Å². The van der Waals surface area contributed by atoms with Crippen molar-refractivity contribution in [2.45, 2.75) is 24.5 Å². The normalized spacial score (nSPS) is 18.1. The van der Waals surface area contributed by atoms with E-state index in [-0.39, 0.29) is 6.10 Å². The molecule has 0 saturated carbocycles. The Morgan fingerprint density at radius 3 is 2.27 bits per heavy atom. The van der Waals surface area contributed by atoms with Crippen LogP contribution in [0, 0.1) is 12.3 Å². The monoisotopic (exact) mass is 349 g/mol. The van der Waals surface area contributed by atoms with E-state index in [0.717, 1.165) is 19.4 Å². The van der Waals surface area contributed by atoms with E-state index >= 15 is 0 Å². The Morgan fingerprint density at radius 1 is 1.15 bits per heavy atom. The summed E-state index contributed by atoms with van der Waals surface area (Å²) in [6.45, 7) is 2.03. The van der Waals surface area contributed by atoms with E-state index in [1.165, 1.54) is 0 Å². The topological polar surface area (TPSA) is 49.8 Å². The van der Waals surface area contributed by atoms with Crippen molar-refractivity contribution in [3.05, 3.63) is 71.8 Å². The molecule has 3 rings (SSSR count). The van der Waals surface area contributed by atoms with E-state index in [9.17, 15) is 9.90 Å². The zero-order chi connectivity index (χ0) is 18.4. The highest BCUT2D eigenvalue weighted by Crippen LogP contribution is 2.32. The van der Waals surface area contributed by atoms with Gasteiger partial charge in [0.2, 0.25) is 5.60 Å². The van der Waals surface area contributed by atoms with Crippen LogP contribution in [0.2, 0.25) is 0 Å². The number of carbonyl (C=O) groups is 1. The summed E-state index contributed by atoms with van der Waals surface area (Å²) < 4.78 is 5.74. The number of carbonyl (C=O) groups excluding carboxylic acids is 1. The molecule has 1 atom stereocenters. The molecule has 0 unspecified atom stereocenters. The number of ether oxygens (including phenoxy) is 1. The summed E-state index contributed by atoms with van der Waals surface area (Å²) in [6, 6.07) is 17.8. The third-order valence-corrected chi connectivity index (χ3v) is 4.73. The fourth-order valence-corrected chi connectivity index (χ4v) is 3.38. The van der Waals surface area contributed by atoms with Crippen molar-refractivity contribution >= 4 is 5.97 Å². The van der Waals surface area contributed by atoms with Gasteiger partial charge in [-0.15, -0.1) is 6.42 Å². The van der Waals surface area contributed by atoms with Crippen LogP contribution in [0.15, 0.2) is 60.7 Å². The fraction of sp³-hybridized carbons (Fsp3) is 0.318. The second kappa shape index (κ2) is 8.18. The zero-order valence-corrected chi connectivity index (χ0v) is 14.7. The van der Waals surface area contributed by atoms with Crippen molar-refractivity contribution in [2.75, 3.05) is 19.6 Å². The third-order valence-electron chi connectivity index (χ3n) is 4.73. The Labute approximate surface area is 154 Å². The van der Waals surface area contributed by atoms with Gasteiger partial charge in [-0.05, 0) is 30.5 Å². The molecule has 4 heteroatoms. The maximum absolute atomic E-state index is 13.1. The molecule has 2 aromatic carbocycles. The summed E-state index contributed by atoms with van der Waals surface area (Å²) >= 11 is 0. The Morgan fingerprint density at radius 2 is 1.73 bits per heavy atom. The molecule has 0 aromatic heterocycles. The van der Waals surface area contributed by atoms with Gasteiger partial charge in [-0.2, -0.15) is 0 Å². The van der Waals surface area contributed by atoms with Crippen LogP contribution in [0.25, 0.3) is 0 Å². The summed E-state index contributed by atoms with van der Waals surface area (Å²) in [4.78, 5) is 15.2. The van der Waals surface area contributed by atoms with Gasteiger partial charge in [0, 0.05) is 6.54 Å². The standard InChI is InChI=1S/C22H23NO3/c1-2-15-23-16-9-14-20(17-23)26-21(24)22(25,18-10-5-3-6-11-18)19-12-7-4-8-13-19/h1,3-8,10-13,20,25H,9,14-17H2/t20-/m1/s1. The van der Waals surface area contributed by atoms with Gasteiger partial charge < -0.3 is 9.84 Å². The minimum atomic E-state index is -1.84. The molecule has 0 aliphatic carbocycles. The van der Waals surface area contributed by atoms with Gasteiger partial charge in [0.15, 0.2) is 0 Å². The molecule has 1 saturated heterocycles. The molecule has 1 N–H and O–H groups in total. The highest BCUT2D eigenvalue weighted by molar-refractivity contribution is 5.85. The van der Waals surface area contributed by atoms with Crippen LogP contribution in [0.3, 0.4) is 0 Å². The fourth-order valence-electron chi connectivity index (χ4n) is 3.38. The molecule has 2 aromatic rings. The molecule has 134 valence electrons. The second-order valence-electron chi connectivity index (χ2n) is 6.55. The molecular weight excluding hydrogens is 326 g/mol. The SMILES string of the molecule is C#CCN1CCC[C@@H](OC(=O)C(O)(c2ccccc2)c2ccccc2)C1. The van der Waals surface area contributed by atoms with Crippen LogP contribution in [-0.2, 0) is 15.1 Å². The van der Waals surface area contributed by atoms with Crippen LogP contribution in [0.4, 0.5) is 0 Å². The van der Waals surface area contributed by atoms with Gasteiger partial charge in [0.05, 0.1) is 6.54 Å². The van der Waals surface area contributed by atoms with E-state index < -0.39 is 11.6 Å². The first-order chi connectivity index (χ1) is 12.6. The lowest BCUT2D eigenvalue weighted by molar-refractivity contribution is -0.170. The Balaban J connectivity index is 1.86. The average molecular weight is 349 g/mol. The first kappa shape index (κ1) is 18.2. The molecule has 0 radical (unpaired) electrons. The molecule has 0 spiro atoms. The van der Waals surface area contributed by atoms with E-state index in [0.29, 0.717) is 24.2 Å². The molecule has 4 nitrogen and oxygen atoms in total. The van der Waals surface area contributed by atoms with Gasteiger partial charge in [0.25, 0.3) is 0 Å². The number of hydrogen-bond donors (Lipinski definition) is 1. The maximum atomic E-state index is 13.1. The summed E-state index contributed by atoms with van der Waals surface area (Å²) in [5, 5.41) is 11.4. The van der Waals surface area contributed by atoms with Crippen LogP contribution in [-0.4, -0.2) is 41.7 Å². The van der Waals surface area contributed by atoms with Crippen LogP contribution in [0.5, 0.6) is 0 Å². The summed E-state index contributed by atoms with van der Waals surface area (Å²) in [7, 11) is 0. The minimum absolute atomic E-state index is 0.274. The highest BCUT2D eigenvalue weighted by atomic mass is 16.6. The maximum Gasteiger partial charge on any atom is 0.348 e. The lowest BCUT2D eigenvalue weighted by Gasteiger charge is -2.34. The molecule has 0 amide bonds. The largest absolute Gasteiger partial charge is 0.458 e. The number of piperidine rings is 1. The van der Waals surface area contributed by atoms with Crippen molar-refractivity contribution in [2.24, 2.45) is 0 Å². The predicted octanol–water partition coefficient (Wildman–Crippen LogP) is 2.56. The number of rotatable bonds is 5. The number of benzene rings is 2. The number of aliphatic hydroxyl groups is 1. The number of likely N-dealkylation sites (tertiary alicyclic amines) is 1. The van der Waals surface area contributed by atoms with Gasteiger partial charge in [-0.1, -0.05) is 66.6 Å². The molecule has 1 aliphatic heterocycles. The van der Waals surface area contributed by atoms with Crippen LogP contribution in [0.1, 0.15) is 24.0 Å². The Kier molecular flexibility index (Phi) is 5.72. The number of nitrogens with zero attached hydrogens (tertiary/aromatic N) is 1. The van der Waals surface area contributed by atoms with E-state index in [1.54, 1.807) is 48.5 Å².